The second-order valence-corrected chi connectivity index (χ2v) is 4.75. The standard InChI is InChI=1S/C17H12F2N2O2/c18-17(19)23-12-8-5-11(6-9-12)7-10-15-16(22)21-14-4-2-1-3-13(14)20-15/h1-10,17H,(H,21,22)/b10-7+. The molecule has 0 aliphatic rings. The van der Waals surface area contributed by atoms with Gasteiger partial charge in [0.05, 0.1) is 11.0 Å². The van der Waals surface area contributed by atoms with Gasteiger partial charge in [0.15, 0.2) is 0 Å². The van der Waals surface area contributed by atoms with E-state index in [1.807, 2.05) is 12.1 Å². The topological polar surface area (TPSA) is 55.0 Å². The maximum atomic E-state index is 12.1. The van der Waals surface area contributed by atoms with Gasteiger partial charge in [-0.3, -0.25) is 4.79 Å². The lowest BCUT2D eigenvalue weighted by atomic mass is 10.2. The molecule has 0 spiro atoms. The number of aromatic nitrogens is 2. The lowest BCUT2D eigenvalue weighted by Gasteiger charge is -2.03. The van der Waals surface area contributed by atoms with Gasteiger partial charge in [-0.2, -0.15) is 8.78 Å². The first-order chi connectivity index (χ1) is 11.1. The van der Waals surface area contributed by atoms with Crippen molar-refractivity contribution >= 4 is 23.2 Å². The molecule has 0 unspecified atom stereocenters. The van der Waals surface area contributed by atoms with Gasteiger partial charge in [-0.15, -0.1) is 0 Å². The summed E-state index contributed by atoms with van der Waals surface area (Å²) in [6, 6.07) is 13.3. The second-order valence-electron chi connectivity index (χ2n) is 4.75. The third-order valence-electron chi connectivity index (χ3n) is 3.16. The van der Waals surface area contributed by atoms with E-state index in [9.17, 15) is 13.6 Å². The van der Waals surface area contributed by atoms with E-state index in [1.54, 1.807) is 36.4 Å². The highest BCUT2D eigenvalue weighted by atomic mass is 19.3. The van der Waals surface area contributed by atoms with Gasteiger partial charge in [0, 0.05) is 0 Å². The van der Waals surface area contributed by atoms with Crippen molar-refractivity contribution in [2.45, 2.75) is 6.61 Å². The third-order valence-corrected chi connectivity index (χ3v) is 3.16. The molecule has 3 aromatic rings. The Morgan fingerprint density at radius 2 is 1.78 bits per heavy atom. The minimum atomic E-state index is -2.85. The number of nitrogens with zero attached hydrogens (tertiary/aromatic N) is 1. The van der Waals surface area contributed by atoms with Gasteiger partial charge in [-0.25, -0.2) is 4.98 Å². The van der Waals surface area contributed by atoms with E-state index in [2.05, 4.69) is 14.7 Å². The molecule has 0 aliphatic heterocycles. The van der Waals surface area contributed by atoms with Gasteiger partial charge < -0.3 is 9.72 Å². The highest BCUT2D eigenvalue weighted by Gasteiger charge is 2.03. The van der Waals surface area contributed by atoms with Crippen LogP contribution in [0.15, 0.2) is 53.3 Å². The average Bonchev–Trinajstić information content (AvgIpc) is 2.54. The lowest BCUT2D eigenvalue weighted by molar-refractivity contribution is -0.0498. The molecular formula is C17H12F2N2O2. The Kier molecular flexibility index (Phi) is 4.14. The molecule has 1 N–H and O–H groups in total. The van der Waals surface area contributed by atoms with Crippen LogP contribution in [0.4, 0.5) is 8.78 Å². The molecule has 2 aromatic carbocycles. The Labute approximate surface area is 130 Å². The van der Waals surface area contributed by atoms with Crippen molar-refractivity contribution in [1.82, 2.24) is 9.97 Å². The Morgan fingerprint density at radius 3 is 2.52 bits per heavy atom. The molecule has 1 aromatic heterocycles. The lowest BCUT2D eigenvalue weighted by Crippen LogP contribution is -2.11. The zero-order valence-electron chi connectivity index (χ0n) is 11.9. The number of hydrogen-bond donors (Lipinski definition) is 1. The molecule has 0 saturated carbocycles. The van der Waals surface area contributed by atoms with Crippen LogP contribution in [-0.2, 0) is 0 Å². The molecule has 0 atom stereocenters. The minimum absolute atomic E-state index is 0.0822. The summed E-state index contributed by atoms with van der Waals surface area (Å²) in [5.41, 5.74) is 2.07. The Bertz CT molecular complexity index is 902. The molecule has 1 heterocycles. The third kappa shape index (κ3) is 3.60. The van der Waals surface area contributed by atoms with Crippen LogP contribution in [0, 0.1) is 0 Å². The van der Waals surface area contributed by atoms with E-state index in [0.717, 1.165) is 5.56 Å². The average molecular weight is 314 g/mol. The molecular weight excluding hydrogens is 302 g/mol. The minimum Gasteiger partial charge on any atom is -0.435 e. The number of halogens is 2. The van der Waals surface area contributed by atoms with E-state index in [-0.39, 0.29) is 17.0 Å². The van der Waals surface area contributed by atoms with E-state index in [4.69, 9.17) is 0 Å². The summed E-state index contributed by atoms with van der Waals surface area (Å²) in [6.45, 7) is -2.85. The fourth-order valence-corrected chi connectivity index (χ4v) is 2.09. The van der Waals surface area contributed by atoms with E-state index >= 15 is 0 Å². The van der Waals surface area contributed by atoms with Crippen LogP contribution in [0.5, 0.6) is 5.75 Å². The Hall–Kier alpha value is -3.02. The van der Waals surface area contributed by atoms with Crippen molar-refractivity contribution < 1.29 is 13.5 Å². The maximum absolute atomic E-state index is 12.1. The van der Waals surface area contributed by atoms with E-state index in [1.165, 1.54) is 12.1 Å². The highest BCUT2D eigenvalue weighted by Crippen LogP contribution is 2.16. The van der Waals surface area contributed by atoms with Crippen molar-refractivity contribution in [3.8, 4) is 5.75 Å². The van der Waals surface area contributed by atoms with Gasteiger partial charge >= 0.3 is 6.61 Å². The van der Waals surface area contributed by atoms with Crippen molar-refractivity contribution in [3.05, 3.63) is 70.1 Å². The van der Waals surface area contributed by atoms with Crippen LogP contribution in [0.25, 0.3) is 23.2 Å². The van der Waals surface area contributed by atoms with Crippen molar-refractivity contribution in [3.63, 3.8) is 0 Å². The number of alkyl halides is 2. The number of nitrogens with one attached hydrogen (secondary N) is 1. The fourth-order valence-electron chi connectivity index (χ4n) is 2.09. The van der Waals surface area contributed by atoms with Crippen LogP contribution >= 0.6 is 0 Å². The molecule has 116 valence electrons. The number of aromatic amines is 1. The summed E-state index contributed by atoms with van der Waals surface area (Å²) < 4.78 is 28.4. The summed E-state index contributed by atoms with van der Waals surface area (Å²) in [6.07, 6.45) is 3.26. The largest absolute Gasteiger partial charge is 0.435 e. The first-order valence-electron chi connectivity index (χ1n) is 6.84. The zero-order valence-corrected chi connectivity index (χ0v) is 11.9. The van der Waals surface area contributed by atoms with Gasteiger partial charge in [-0.05, 0) is 35.9 Å². The molecule has 0 fully saturated rings. The van der Waals surface area contributed by atoms with Crippen molar-refractivity contribution in [1.29, 1.82) is 0 Å². The van der Waals surface area contributed by atoms with E-state index in [0.29, 0.717) is 11.0 Å². The van der Waals surface area contributed by atoms with E-state index < -0.39 is 6.61 Å². The highest BCUT2D eigenvalue weighted by molar-refractivity contribution is 5.76. The SMILES string of the molecule is O=c1[nH]c2ccccc2nc1/C=C/c1ccc(OC(F)F)cc1. The summed E-state index contributed by atoms with van der Waals surface area (Å²) in [4.78, 5) is 19.0. The van der Waals surface area contributed by atoms with Gasteiger partial charge in [0.25, 0.3) is 5.56 Å². The van der Waals surface area contributed by atoms with Gasteiger partial charge in [-0.1, -0.05) is 30.3 Å². The van der Waals surface area contributed by atoms with Crippen LogP contribution in [-0.4, -0.2) is 16.6 Å². The van der Waals surface area contributed by atoms with Gasteiger partial charge in [0.1, 0.15) is 11.4 Å². The number of ether oxygens (including phenoxy) is 1. The molecule has 0 amide bonds. The summed E-state index contributed by atoms with van der Waals surface area (Å²) in [7, 11) is 0. The second kappa shape index (κ2) is 6.39. The molecule has 0 radical (unpaired) electrons. The van der Waals surface area contributed by atoms with Crippen molar-refractivity contribution in [2.24, 2.45) is 0 Å². The number of H-pyrrole nitrogens is 1. The maximum Gasteiger partial charge on any atom is 0.387 e. The molecule has 0 saturated heterocycles. The van der Waals surface area contributed by atoms with Crippen LogP contribution in [0.1, 0.15) is 11.3 Å². The van der Waals surface area contributed by atoms with Crippen LogP contribution in [0.2, 0.25) is 0 Å². The molecule has 23 heavy (non-hydrogen) atoms. The Morgan fingerprint density at radius 1 is 1.04 bits per heavy atom. The molecule has 0 bridgehead atoms. The van der Waals surface area contributed by atoms with Crippen molar-refractivity contribution in [2.75, 3.05) is 0 Å². The summed E-state index contributed by atoms with van der Waals surface area (Å²) in [5.74, 6) is 0.0822. The smallest absolute Gasteiger partial charge is 0.387 e. The van der Waals surface area contributed by atoms with Crippen LogP contribution in [0.3, 0.4) is 0 Å². The Balaban J connectivity index is 1.85. The predicted molar refractivity (Wildman–Crippen MR) is 84.4 cm³/mol. The number of benzene rings is 2. The number of para-hydroxylation sites is 2. The zero-order chi connectivity index (χ0) is 16.2. The number of rotatable bonds is 4. The summed E-state index contributed by atoms with van der Waals surface area (Å²) >= 11 is 0. The number of hydrogen-bond acceptors (Lipinski definition) is 3. The summed E-state index contributed by atoms with van der Waals surface area (Å²) in [5, 5.41) is 0. The first kappa shape index (κ1) is 14.9. The van der Waals surface area contributed by atoms with Gasteiger partial charge in [0.2, 0.25) is 0 Å². The molecule has 6 heteroatoms. The first-order valence-corrected chi connectivity index (χ1v) is 6.84. The quantitative estimate of drug-likeness (QED) is 0.799. The normalized spacial score (nSPS) is 11.4. The molecule has 0 aliphatic carbocycles. The molecule has 3 rings (SSSR count). The van der Waals surface area contributed by atoms with Crippen LogP contribution < -0.4 is 10.3 Å². The fraction of sp³-hybridized carbons (Fsp3) is 0.0588. The molecule has 4 nitrogen and oxygen atoms in total. The number of fused-ring (bicyclic) bond motifs is 1. The predicted octanol–water partition coefficient (Wildman–Crippen LogP) is 3.69. The monoisotopic (exact) mass is 314 g/mol.